The van der Waals surface area contributed by atoms with E-state index >= 15 is 0 Å². The van der Waals surface area contributed by atoms with Crippen molar-refractivity contribution in [2.24, 2.45) is 0 Å². The summed E-state index contributed by atoms with van der Waals surface area (Å²) in [4.78, 5) is 0. The van der Waals surface area contributed by atoms with Crippen molar-refractivity contribution in [2.75, 3.05) is 18.5 Å². The summed E-state index contributed by atoms with van der Waals surface area (Å²) in [5, 5.41) is 11.3. The minimum absolute atomic E-state index is 0.277. The summed E-state index contributed by atoms with van der Waals surface area (Å²) in [5.74, 6) is 0. The van der Waals surface area contributed by atoms with E-state index in [0.717, 1.165) is 48.3 Å². The Morgan fingerprint density at radius 3 is 3.13 bits per heavy atom. The van der Waals surface area contributed by atoms with Crippen molar-refractivity contribution in [3.05, 3.63) is 46.7 Å². The lowest BCUT2D eigenvalue weighted by Crippen LogP contribution is -2.34. The van der Waals surface area contributed by atoms with Gasteiger partial charge in [0, 0.05) is 25.0 Å². The molecule has 1 aliphatic heterocycles. The van der Waals surface area contributed by atoms with Crippen LogP contribution in [0, 0.1) is 0 Å². The first kappa shape index (κ1) is 16.4. The third kappa shape index (κ3) is 5.02. The monoisotopic (exact) mass is 394 g/mol. The van der Waals surface area contributed by atoms with Crippen molar-refractivity contribution in [3.8, 4) is 0 Å². The molecule has 23 heavy (non-hydrogen) atoms. The number of nitrogens with zero attached hydrogens (tertiary/aromatic N) is 2. The summed E-state index contributed by atoms with van der Waals surface area (Å²) in [6.07, 6.45) is 6.25. The zero-order chi connectivity index (χ0) is 16.1. The molecule has 2 N–H and O–H groups in total. The first-order valence-corrected chi connectivity index (χ1v) is 8.82. The number of hydrogen-bond acceptors (Lipinski definition) is 3. The Bertz CT molecular complexity index is 670. The summed E-state index contributed by atoms with van der Waals surface area (Å²) in [5.41, 5.74) is 2.13. The summed E-state index contributed by atoms with van der Waals surface area (Å²) in [7, 11) is 0. The molecule has 0 bridgehead atoms. The molecule has 1 fully saturated rings. The van der Waals surface area contributed by atoms with Gasteiger partial charge in [-0.1, -0.05) is 12.1 Å². The van der Waals surface area contributed by atoms with E-state index in [1.807, 2.05) is 23.0 Å². The predicted molar refractivity (Wildman–Crippen MR) is 98.7 cm³/mol. The Morgan fingerprint density at radius 2 is 2.39 bits per heavy atom. The highest BCUT2D eigenvalue weighted by Gasteiger charge is 2.15. The van der Waals surface area contributed by atoms with Crippen LogP contribution in [0.25, 0.3) is 0 Å². The van der Waals surface area contributed by atoms with Gasteiger partial charge in [-0.3, -0.25) is 4.68 Å². The highest BCUT2D eigenvalue weighted by atomic mass is 79.9. The summed E-state index contributed by atoms with van der Waals surface area (Å²) < 4.78 is 8.44. The smallest absolute Gasteiger partial charge is 0.170 e. The van der Waals surface area contributed by atoms with E-state index in [1.165, 1.54) is 0 Å². The van der Waals surface area contributed by atoms with Gasteiger partial charge in [0.1, 0.15) is 0 Å². The van der Waals surface area contributed by atoms with E-state index in [4.69, 9.17) is 17.0 Å². The molecule has 1 saturated heterocycles. The zero-order valence-corrected chi connectivity index (χ0v) is 15.1. The van der Waals surface area contributed by atoms with E-state index < -0.39 is 0 Å². The fourth-order valence-corrected chi connectivity index (χ4v) is 3.08. The lowest BCUT2D eigenvalue weighted by atomic mass is 10.2. The van der Waals surface area contributed by atoms with Crippen molar-refractivity contribution >= 4 is 38.9 Å². The first-order valence-electron chi connectivity index (χ1n) is 7.62. The van der Waals surface area contributed by atoms with Crippen LogP contribution in [0.4, 0.5) is 5.69 Å². The molecule has 1 aliphatic rings. The molecule has 1 aromatic carbocycles. The average Bonchev–Trinajstić information content (AvgIpc) is 3.17. The van der Waals surface area contributed by atoms with Gasteiger partial charge in [0.2, 0.25) is 0 Å². The second kappa shape index (κ2) is 7.90. The van der Waals surface area contributed by atoms with Gasteiger partial charge < -0.3 is 15.4 Å². The normalized spacial score (nSPS) is 17.2. The molecule has 2 heterocycles. The fourth-order valence-electron chi connectivity index (χ4n) is 2.55. The third-order valence-electron chi connectivity index (χ3n) is 3.65. The van der Waals surface area contributed by atoms with Crippen LogP contribution < -0.4 is 10.6 Å². The minimum Gasteiger partial charge on any atom is -0.376 e. The fraction of sp³-hybridized carbons (Fsp3) is 0.375. The van der Waals surface area contributed by atoms with Gasteiger partial charge in [-0.15, -0.1) is 0 Å². The minimum atomic E-state index is 0.277. The Morgan fingerprint density at radius 1 is 1.48 bits per heavy atom. The highest BCUT2D eigenvalue weighted by Crippen LogP contribution is 2.14. The molecule has 2 aromatic rings. The maximum Gasteiger partial charge on any atom is 0.170 e. The van der Waals surface area contributed by atoms with Crippen LogP contribution in [0.2, 0.25) is 0 Å². The number of thiocarbonyl (C=S) groups is 1. The molecule has 0 aliphatic carbocycles. The van der Waals surface area contributed by atoms with Crippen molar-refractivity contribution in [2.45, 2.75) is 25.5 Å². The van der Waals surface area contributed by atoms with Crippen molar-refractivity contribution in [3.63, 3.8) is 0 Å². The van der Waals surface area contributed by atoms with Gasteiger partial charge >= 0.3 is 0 Å². The zero-order valence-electron chi connectivity index (χ0n) is 12.7. The molecule has 1 aromatic heterocycles. The first-order chi connectivity index (χ1) is 11.2. The van der Waals surface area contributed by atoms with Crippen LogP contribution in [0.3, 0.4) is 0 Å². The van der Waals surface area contributed by atoms with E-state index in [-0.39, 0.29) is 6.10 Å². The molecule has 122 valence electrons. The second-order valence-electron chi connectivity index (χ2n) is 5.53. The Labute approximate surface area is 149 Å². The molecule has 0 amide bonds. The predicted octanol–water partition coefficient (Wildman–Crippen LogP) is 3.16. The second-order valence-corrected chi connectivity index (χ2v) is 6.85. The summed E-state index contributed by atoms with van der Waals surface area (Å²) in [6, 6.07) is 8.17. The number of nitrogens with one attached hydrogen (secondary N) is 2. The van der Waals surface area contributed by atoms with Crippen LogP contribution in [0.15, 0.2) is 41.1 Å². The lowest BCUT2D eigenvalue weighted by molar-refractivity contribution is 0.114. The van der Waals surface area contributed by atoms with Crippen LogP contribution in [-0.2, 0) is 11.3 Å². The Balaban J connectivity index is 1.53. The SMILES string of the molecule is S=C(NCC1CCCO1)Nc1cccc(Cn2cc(Br)cn2)c1. The van der Waals surface area contributed by atoms with Crippen LogP contribution in [0.5, 0.6) is 0 Å². The maximum absolute atomic E-state index is 5.58. The molecule has 0 radical (unpaired) electrons. The molecule has 0 spiro atoms. The highest BCUT2D eigenvalue weighted by molar-refractivity contribution is 9.10. The van der Waals surface area contributed by atoms with E-state index in [0.29, 0.717) is 5.11 Å². The lowest BCUT2D eigenvalue weighted by Gasteiger charge is -2.14. The van der Waals surface area contributed by atoms with Crippen molar-refractivity contribution < 1.29 is 4.74 Å². The Hall–Kier alpha value is -1.44. The molecule has 0 saturated carbocycles. The van der Waals surface area contributed by atoms with Crippen LogP contribution in [0.1, 0.15) is 18.4 Å². The average molecular weight is 395 g/mol. The number of benzene rings is 1. The third-order valence-corrected chi connectivity index (χ3v) is 4.30. The van der Waals surface area contributed by atoms with Gasteiger partial charge in [-0.05, 0) is 58.7 Å². The maximum atomic E-state index is 5.58. The van der Waals surface area contributed by atoms with Gasteiger partial charge in [-0.25, -0.2) is 0 Å². The summed E-state index contributed by atoms with van der Waals surface area (Å²) in [6.45, 7) is 2.34. The quantitative estimate of drug-likeness (QED) is 0.762. The van der Waals surface area contributed by atoms with Crippen molar-refractivity contribution in [1.29, 1.82) is 0 Å². The number of anilines is 1. The number of ether oxygens (including phenoxy) is 1. The van der Waals surface area contributed by atoms with E-state index in [2.05, 4.69) is 43.8 Å². The molecule has 1 unspecified atom stereocenters. The van der Waals surface area contributed by atoms with Crippen molar-refractivity contribution in [1.82, 2.24) is 15.1 Å². The molecule has 1 atom stereocenters. The van der Waals surface area contributed by atoms with Crippen LogP contribution >= 0.6 is 28.1 Å². The van der Waals surface area contributed by atoms with E-state index in [1.54, 1.807) is 6.20 Å². The van der Waals surface area contributed by atoms with Crippen LogP contribution in [-0.4, -0.2) is 34.1 Å². The number of hydrogen-bond donors (Lipinski definition) is 2. The van der Waals surface area contributed by atoms with Gasteiger partial charge in [-0.2, -0.15) is 5.10 Å². The molecular weight excluding hydrogens is 376 g/mol. The molecule has 3 rings (SSSR count). The number of halogens is 1. The molecule has 5 nitrogen and oxygen atoms in total. The van der Waals surface area contributed by atoms with E-state index in [9.17, 15) is 0 Å². The molecule has 7 heteroatoms. The standard InChI is InChI=1S/C16H19BrN4OS/c17-13-8-19-21(11-13)10-12-3-1-4-14(7-12)20-16(23)18-9-15-5-2-6-22-15/h1,3-4,7-8,11,15H,2,5-6,9-10H2,(H2,18,20,23). The molecular formula is C16H19BrN4OS. The number of rotatable bonds is 5. The summed E-state index contributed by atoms with van der Waals surface area (Å²) >= 11 is 8.75. The van der Waals surface area contributed by atoms with Gasteiger partial charge in [0.15, 0.2) is 5.11 Å². The Kier molecular flexibility index (Phi) is 5.64. The largest absolute Gasteiger partial charge is 0.376 e. The van der Waals surface area contributed by atoms with Gasteiger partial charge in [0.25, 0.3) is 0 Å². The van der Waals surface area contributed by atoms with Gasteiger partial charge in [0.05, 0.1) is 23.3 Å². The topological polar surface area (TPSA) is 51.1 Å². The number of aromatic nitrogens is 2.